The molecule has 6 heteroatoms. The second kappa shape index (κ2) is 5.81. The number of benzene rings is 2. The number of aromatic nitrogens is 4. The molecule has 0 spiro atoms. The van der Waals surface area contributed by atoms with Crippen LogP contribution in [-0.2, 0) is 17.9 Å². The van der Waals surface area contributed by atoms with Gasteiger partial charge in [-0.2, -0.15) is 5.10 Å². The number of nitrogens with zero attached hydrogens (tertiary/aromatic N) is 4. The van der Waals surface area contributed by atoms with Gasteiger partial charge in [0.05, 0.1) is 0 Å². The molecule has 0 fully saturated rings. The van der Waals surface area contributed by atoms with E-state index in [2.05, 4.69) is 45.1 Å². The lowest BCUT2D eigenvalue weighted by Gasteiger charge is -2.06. The molecular weight excluding hydrogens is 302 g/mol. The summed E-state index contributed by atoms with van der Waals surface area (Å²) in [7, 11) is 0. The van der Waals surface area contributed by atoms with Crippen molar-refractivity contribution in [3.8, 4) is 0 Å². The Balaban J connectivity index is 1.70. The molecule has 0 atom stereocenters. The number of hydrogen-bond donors (Lipinski definition) is 1. The number of carbonyl (C=O) groups excluding carboxylic acids is 1. The Morgan fingerprint density at radius 1 is 1.12 bits per heavy atom. The fourth-order valence-corrected chi connectivity index (χ4v) is 3.13. The molecular formula is C18H17N5O. The fraction of sp³-hybridized carbons (Fsp3) is 0.167. The lowest BCUT2D eigenvalue weighted by Crippen LogP contribution is -2.18. The molecule has 0 saturated heterocycles. The summed E-state index contributed by atoms with van der Waals surface area (Å²) in [4.78, 5) is 16.0. The molecule has 1 amide bonds. The van der Waals surface area contributed by atoms with Gasteiger partial charge in [-0.15, -0.1) is 0 Å². The predicted octanol–water partition coefficient (Wildman–Crippen LogP) is 3.04. The molecule has 2 aromatic heterocycles. The van der Waals surface area contributed by atoms with Crippen molar-refractivity contribution in [2.45, 2.75) is 20.0 Å². The molecule has 0 bridgehead atoms. The van der Waals surface area contributed by atoms with E-state index >= 15 is 0 Å². The summed E-state index contributed by atoms with van der Waals surface area (Å²) in [5, 5.41) is 9.21. The van der Waals surface area contributed by atoms with Crippen molar-refractivity contribution >= 4 is 33.4 Å². The molecule has 0 aliphatic heterocycles. The average molecular weight is 319 g/mol. The Hall–Kier alpha value is -3.15. The van der Waals surface area contributed by atoms with Crippen LogP contribution in [0.1, 0.15) is 6.92 Å². The van der Waals surface area contributed by atoms with Crippen LogP contribution in [0, 0.1) is 0 Å². The molecule has 0 unspecified atom stereocenters. The molecule has 6 nitrogen and oxygen atoms in total. The standard InChI is InChI=1S/C18H17N5O/c1-2-23-16-6-4-3-5-14(16)15-9-13(7-8-17(15)23)21-18(24)10-22-12-19-11-20-22/h3-9,11-12H,2,10H2,1H3,(H,21,24). The minimum absolute atomic E-state index is 0.126. The minimum atomic E-state index is -0.126. The van der Waals surface area contributed by atoms with Gasteiger partial charge in [-0.25, -0.2) is 9.67 Å². The van der Waals surface area contributed by atoms with Crippen molar-refractivity contribution in [2.75, 3.05) is 5.32 Å². The highest BCUT2D eigenvalue weighted by Crippen LogP contribution is 2.30. The Bertz CT molecular complexity index is 1020. The van der Waals surface area contributed by atoms with Gasteiger partial charge in [-0.05, 0) is 31.2 Å². The van der Waals surface area contributed by atoms with E-state index in [9.17, 15) is 4.79 Å². The number of anilines is 1. The Kier molecular flexibility index (Phi) is 3.49. The summed E-state index contributed by atoms with van der Waals surface area (Å²) in [5.41, 5.74) is 3.17. The molecule has 1 N–H and O–H groups in total. The molecule has 2 heterocycles. The molecule has 0 aliphatic carbocycles. The quantitative estimate of drug-likeness (QED) is 0.629. The summed E-state index contributed by atoms with van der Waals surface area (Å²) in [6.07, 6.45) is 2.94. The monoisotopic (exact) mass is 319 g/mol. The number of amides is 1. The fourth-order valence-electron chi connectivity index (χ4n) is 3.13. The number of aryl methyl sites for hydroxylation is 1. The number of carbonyl (C=O) groups is 1. The van der Waals surface area contributed by atoms with Gasteiger partial charge in [0.1, 0.15) is 19.2 Å². The van der Waals surface area contributed by atoms with Gasteiger partial charge in [-0.1, -0.05) is 18.2 Å². The number of nitrogens with one attached hydrogen (secondary N) is 1. The van der Waals surface area contributed by atoms with Crippen LogP contribution < -0.4 is 5.32 Å². The zero-order chi connectivity index (χ0) is 16.5. The topological polar surface area (TPSA) is 64.7 Å². The van der Waals surface area contributed by atoms with Crippen LogP contribution in [0.25, 0.3) is 21.8 Å². The third kappa shape index (κ3) is 2.42. The number of rotatable bonds is 4. The predicted molar refractivity (Wildman–Crippen MR) is 93.8 cm³/mol. The number of para-hydroxylation sites is 1. The molecule has 24 heavy (non-hydrogen) atoms. The van der Waals surface area contributed by atoms with Gasteiger partial charge in [0.25, 0.3) is 0 Å². The molecule has 2 aromatic carbocycles. The second-order valence-corrected chi connectivity index (χ2v) is 5.63. The molecule has 120 valence electrons. The van der Waals surface area contributed by atoms with Crippen LogP contribution in [0.4, 0.5) is 5.69 Å². The molecule has 4 rings (SSSR count). The van der Waals surface area contributed by atoms with E-state index in [0.29, 0.717) is 0 Å². The second-order valence-electron chi connectivity index (χ2n) is 5.63. The zero-order valence-corrected chi connectivity index (χ0v) is 13.3. The van der Waals surface area contributed by atoms with Crippen LogP contribution >= 0.6 is 0 Å². The highest BCUT2D eigenvalue weighted by atomic mass is 16.2. The van der Waals surface area contributed by atoms with Crippen molar-refractivity contribution in [1.82, 2.24) is 19.3 Å². The lowest BCUT2D eigenvalue weighted by atomic mass is 10.1. The maximum Gasteiger partial charge on any atom is 0.246 e. The first-order chi connectivity index (χ1) is 11.8. The van der Waals surface area contributed by atoms with Crippen LogP contribution in [0.2, 0.25) is 0 Å². The van der Waals surface area contributed by atoms with Crippen molar-refractivity contribution < 1.29 is 4.79 Å². The third-order valence-corrected chi connectivity index (χ3v) is 4.14. The van der Waals surface area contributed by atoms with E-state index in [-0.39, 0.29) is 12.5 Å². The smallest absolute Gasteiger partial charge is 0.246 e. The highest BCUT2D eigenvalue weighted by molar-refractivity contribution is 6.09. The number of hydrogen-bond acceptors (Lipinski definition) is 3. The number of fused-ring (bicyclic) bond motifs is 3. The first kappa shape index (κ1) is 14.4. The Morgan fingerprint density at radius 3 is 2.75 bits per heavy atom. The third-order valence-electron chi connectivity index (χ3n) is 4.14. The molecule has 4 aromatic rings. The molecule has 0 aliphatic rings. The first-order valence-corrected chi connectivity index (χ1v) is 7.89. The van der Waals surface area contributed by atoms with Gasteiger partial charge in [0, 0.05) is 34.0 Å². The van der Waals surface area contributed by atoms with Gasteiger partial charge in [0.2, 0.25) is 5.91 Å². The van der Waals surface area contributed by atoms with E-state index < -0.39 is 0 Å². The highest BCUT2D eigenvalue weighted by Gasteiger charge is 2.11. The van der Waals surface area contributed by atoms with E-state index in [1.165, 1.54) is 33.8 Å². The summed E-state index contributed by atoms with van der Waals surface area (Å²) >= 11 is 0. The van der Waals surface area contributed by atoms with E-state index in [4.69, 9.17) is 0 Å². The van der Waals surface area contributed by atoms with Crippen molar-refractivity contribution in [3.05, 3.63) is 55.1 Å². The first-order valence-electron chi connectivity index (χ1n) is 7.89. The minimum Gasteiger partial charge on any atom is -0.341 e. The largest absolute Gasteiger partial charge is 0.341 e. The van der Waals surface area contributed by atoms with E-state index in [1.807, 2.05) is 24.3 Å². The zero-order valence-electron chi connectivity index (χ0n) is 13.3. The summed E-state index contributed by atoms with van der Waals surface area (Å²) in [6, 6.07) is 14.4. The Morgan fingerprint density at radius 2 is 1.96 bits per heavy atom. The van der Waals surface area contributed by atoms with E-state index in [1.54, 1.807) is 0 Å². The normalized spacial score (nSPS) is 11.2. The molecule has 0 radical (unpaired) electrons. The van der Waals surface area contributed by atoms with Gasteiger partial charge >= 0.3 is 0 Å². The Labute approximate surface area is 138 Å². The SMILES string of the molecule is CCn1c2ccccc2c2cc(NC(=O)Cn3cncn3)ccc21. The van der Waals surface area contributed by atoms with E-state index in [0.717, 1.165) is 17.6 Å². The van der Waals surface area contributed by atoms with Crippen LogP contribution in [0.15, 0.2) is 55.1 Å². The van der Waals surface area contributed by atoms with Crippen LogP contribution in [-0.4, -0.2) is 25.2 Å². The molecule has 0 saturated carbocycles. The maximum atomic E-state index is 12.1. The lowest BCUT2D eigenvalue weighted by molar-refractivity contribution is -0.116. The van der Waals surface area contributed by atoms with Crippen LogP contribution in [0.3, 0.4) is 0 Å². The van der Waals surface area contributed by atoms with Crippen molar-refractivity contribution in [3.63, 3.8) is 0 Å². The summed E-state index contributed by atoms with van der Waals surface area (Å²) in [6.45, 7) is 3.19. The maximum absolute atomic E-state index is 12.1. The summed E-state index contributed by atoms with van der Waals surface area (Å²) in [5.74, 6) is -0.126. The van der Waals surface area contributed by atoms with Crippen molar-refractivity contribution in [2.24, 2.45) is 0 Å². The van der Waals surface area contributed by atoms with Gasteiger partial charge in [-0.3, -0.25) is 4.79 Å². The van der Waals surface area contributed by atoms with Crippen molar-refractivity contribution in [1.29, 1.82) is 0 Å². The van der Waals surface area contributed by atoms with Crippen LogP contribution in [0.5, 0.6) is 0 Å². The summed E-state index contributed by atoms with van der Waals surface area (Å²) < 4.78 is 3.78. The average Bonchev–Trinajstić information content (AvgIpc) is 3.20. The van der Waals surface area contributed by atoms with Gasteiger partial charge < -0.3 is 9.88 Å². The van der Waals surface area contributed by atoms with Gasteiger partial charge in [0.15, 0.2) is 0 Å².